The van der Waals surface area contributed by atoms with Gasteiger partial charge in [-0.3, -0.25) is 19.2 Å². The van der Waals surface area contributed by atoms with Gasteiger partial charge in [-0.1, -0.05) is 132 Å². The van der Waals surface area contributed by atoms with Gasteiger partial charge in [0, 0.05) is 29.9 Å². The molecule has 0 spiro atoms. The molecule has 3 unspecified atom stereocenters. The highest BCUT2D eigenvalue weighted by Crippen LogP contribution is 2.38. The minimum atomic E-state index is -1.14. The van der Waals surface area contributed by atoms with Gasteiger partial charge in [-0.2, -0.15) is 0 Å². The van der Waals surface area contributed by atoms with Crippen molar-refractivity contribution in [2.24, 2.45) is 5.73 Å². The Balaban J connectivity index is 2.49. The number of aliphatic hydroxyl groups is 2. The minimum absolute atomic E-state index is 0.150. The third-order valence-corrected chi connectivity index (χ3v) is 11.3. The number of benzene rings is 1. The summed E-state index contributed by atoms with van der Waals surface area (Å²) in [7, 11) is 2.53. The average Bonchev–Trinajstić information content (AvgIpc) is 3.16. The van der Waals surface area contributed by atoms with Crippen molar-refractivity contribution in [2.45, 2.75) is 114 Å². The zero-order valence-electron chi connectivity index (χ0n) is 32.9. The molecule has 0 fully saturated rings. The quantitative estimate of drug-likeness (QED) is 0.0375. The van der Waals surface area contributed by atoms with E-state index >= 15 is 0 Å². The maximum absolute atomic E-state index is 13.2. The van der Waals surface area contributed by atoms with E-state index in [1.165, 1.54) is 21.6 Å². The van der Waals surface area contributed by atoms with Gasteiger partial charge >= 0.3 is 0 Å². The van der Waals surface area contributed by atoms with Gasteiger partial charge < -0.3 is 31.9 Å². The summed E-state index contributed by atoms with van der Waals surface area (Å²) in [6.07, 6.45) is 32.1. The number of amides is 4. The van der Waals surface area contributed by atoms with Crippen molar-refractivity contribution >= 4 is 45.2 Å². The topological polar surface area (TPSA) is 171 Å². The van der Waals surface area contributed by atoms with E-state index in [1.54, 1.807) is 13.8 Å². The van der Waals surface area contributed by atoms with Gasteiger partial charge in [0.15, 0.2) is 0 Å². The molecular weight excluding hydrogens is 733 g/mol. The summed E-state index contributed by atoms with van der Waals surface area (Å²) in [6.45, 7) is 5.00. The van der Waals surface area contributed by atoms with E-state index in [0.717, 1.165) is 44.1 Å². The second-order valence-electron chi connectivity index (χ2n) is 13.4. The largest absolute Gasteiger partial charge is 0.394 e. The lowest BCUT2D eigenvalue weighted by Crippen LogP contribution is -2.57. The van der Waals surface area contributed by atoms with Crippen molar-refractivity contribution in [3.63, 3.8) is 0 Å². The SMILES string of the molecule is CC/C=C\C/C=C\C/C=C\C/C=C\C/C=C\C/C=C\CCC(=O)NC(CSSC(C)(C)C(NC(=O)CCCc1ccccc1)C(=O)NCC(O)CO)C(N)=O. The number of aryl methyl sites for hydroxylation is 1. The van der Waals surface area contributed by atoms with E-state index in [2.05, 4.69) is 83.6 Å². The molecule has 304 valence electrons. The Kier molecular flexibility index (Phi) is 28.1. The molecule has 4 amide bonds. The molecular formula is C43H64N4O6S2. The van der Waals surface area contributed by atoms with E-state index in [4.69, 9.17) is 10.8 Å². The van der Waals surface area contributed by atoms with Crippen LogP contribution in [0, 0.1) is 0 Å². The van der Waals surface area contributed by atoms with E-state index in [9.17, 15) is 24.3 Å². The Bertz CT molecular complexity index is 1430. The highest BCUT2D eigenvalue weighted by molar-refractivity contribution is 8.77. The highest BCUT2D eigenvalue weighted by Gasteiger charge is 2.38. The fraction of sp³-hybridized carbons (Fsp3) is 0.488. The summed E-state index contributed by atoms with van der Waals surface area (Å²) in [6, 6.07) is 7.87. The molecule has 1 rings (SSSR count). The number of allylic oxidation sites excluding steroid dienone is 12. The lowest BCUT2D eigenvalue weighted by atomic mass is 10.0. The molecule has 3 atom stereocenters. The average molecular weight is 797 g/mol. The first kappa shape index (κ1) is 49.2. The molecule has 55 heavy (non-hydrogen) atoms. The summed E-state index contributed by atoms with van der Waals surface area (Å²) >= 11 is 0. The van der Waals surface area contributed by atoms with Gasteiger partial charge in [-0.05, 0) is 77.2 Å². The van der Waals surface area contributed by atoms with Crippen LogP contribution in [0.3, 0.4) is 0 Å². The van der Waals surface area contributed by atoms with Gasteiger partial charge in [0.05, 0.1) is 12.7 Å². The van der Waals surface area contributed by atoms with Crippen molar-refractivity contribution in [3.8, 4) is 0 Å². The molecule has 0 aromatic heterocycles. The second kappa shape index (κ2) is 31.4. The first-order valence-corrected chi connectivity index (χ1v) is 21.5. The number of primary amides is 1. The fourth-order valence-electron chi connectivity index (χ4n) is 4.89. The summed E-state index contributed by atoms with van der Waals surface area (Å²) < 4.78 is -0.879. The maximum Gasteiger partial charge on any atom is 0.244 e. The molecule has 1 aromatic rings. The summed E-state index contributed by atoms with van der Waals surface area (Å²) in [4.78, 5) is 50.9. The van der Waals surface area contributed by atoms with E-state index in [-0.39, 0.29) is 37.0 Å². The predicted octanol–water partition coefficient (Wildman–Crippen LogP) is 6.57. The van der Waals surface area contributed by atoms with Crippen LogP contribution in [0.25, 0.3) is 0 Å². The van der Waals surface area contributed by atoms with Crippen LogP contribution in [0.4, 0.5) is 0 Å². The Labute approximate surface area is 337 Å². The number of hydrogen-bond acceptors (Lipinski definition) is 8. The summed E-state index contributed by atoms with van der Waals surface area (Å²) in [5.41, 5.74) is 6.72. The second-order valence-corrected chi connectivity index (χ2v) is 16.4. The molecule has 1 aromatic carbocycles. The third-order valence-electron chi connectivity index (χ3n) is 8.02. The van der Waals surface area contributed by atoms with E-state index < -0.39 is 41.4 Å². The zero-order chi connectivity index (χ0) is 40.6. The monoisotopic (exact) mass is 796 g/mol. The Morgan fingerprint density at radius 2 is 1.31 bits per heavy atom. The molecule has 0 saturated carbocycles. The maximum atomic E-state index is 13.2. The van der Waals surface area contributed by atoms with Gasteiger partial charge in [0.2, 0.25) is 23.6 Å². The molecule has 12 heteroatoms. The van der Waals surface area contributed by atoms with Gasteiger partial charge in [0.1, 0.15) is 12.1 Å². The van der Waals surface area contributed by atoms with Crippen molar-refractivity contribution < 1.29 is 29.4 Å². The van der Waals surface area contributed by atoms with Crippen molar-refractivity contribution in [1.29, 1.82) is 0 Å². The lowest BCUT2D eigenvalue weighted by molar-refractivity contribution is -0.130. The van der Waals surface area contributed by atoms with Crippen LogP contribution >= 0.6 is 21.6 Å². The molecule has 0 aliphatic rings. The Morgan fingerprint density at radius 1 is 0.782 bits per heavy atom. The Morgan fingerprint density at radius 3 is 1.84 bits per heavy atom. The molecule has 10 nitrogen and oxygen atoms in total. The third kappa shape index (κ3) is 25.8. The zero-order valence-corrected chi connectivity index (χ0v) is 34.5. The number of nitrogens with two attached hydrogens (primary N) is 1. The van der Waals surface area contributed by atoms with Crippen LogP contribution in [-0.2, 0) is 25.6 Å². The van der Waals surface area contributed by atoms with Crippen molar-refractivity contribution in [2.75, 3.05) is 18.9 Å². The van der Waals surface area contributed by atoms with Crippen LogP contribution in [-0.4, -0.2) is 75.7 Å². The first-order valence-electron chi connectivity index (χ1n) is 19.2. The summed E-state index contributed by atoms with van der Waals surface area (Å²) in [5.74, 6) is -1.64. The highest BCUT2D eigenvalue weighted by atomic mass is 33.1. The van der Waals surface area contributed by atoms with Gasteiger partial charge in [0.25, 0.3) is 0 Å². The van der Waals surface area contributed by atoms with Gasteiger partial charge in [-0.15, -0.1) is 0 Å². The Hall–Kier alpha value is -3.84. The molecule has 0 saturated heterocycles. The molecule has 0 radical (unpaired) electrons. The standard InChI is InChI=1S/C43H64N4O6S2/c1-4-5-6-7-8-9-10-11-12-13-14-15-16-17-18-19-20-21-25-30-38(50)46-37(41(44)52)34-54-55-43(2,3)40(42(53)45-32-36(49)33-48)47-39(51)31-26-29-35-27-23-22-24-28-35/h5-6,8-9,11-12,14-15,17-18,20-24,27-28,36-37,40,48-49H,4,7,10,13,16,19,25-26,29-34H2,1-3H3,(H2,44,52)(H,45,53)(H,46,50)(H,47,51)/b6-5-,9-8-,12-11-,15-14-,18-17-,21-20-. The molecule has 0 bridgehead atoms. The van der Waals surface area contributed by atoms with Crippen LogP contribution in [0.5, 0.6) is 0 Å². The van der Waals surface area contributed by atoms with Crippen molar-refractivity contribution in [3.05, 3.63) is 109 Å². The number of carbonyl (C=O) groups excluding carboxylic acids is 4. The van der Waals surface area contributed by atoms with Crippen LogP contribution < -0.4 is 21.7 Å². The fourth-order valence-corrected chi connectivity index (χ4v) is 7.72. The minimum Gasteiger partial charge on any atom is -0.394 e. The van der Waals surface area contributed by atoms with Crippen LogP contribution in [0.1, 0.15) is 90.5 Å². The normalized spacial score (nSPS) is 14.1. The number of aliphatic hydroxyl groups excluding tert-OH is 2. The van der Waals surface area contributed by atoms with Crippen LogP contribution in [0.2, 0.25) is 0 Å². The molecule has 0 heterocycles. The van der Waals surface area contributed by atoms with E-state index in [0.29, 0.717) is 19.3 Å². The number of carbonyl (C=O) groups is 4. The molecule has 0 aliphatic carbocycles. The lowest BCUT2D eigenvalue weighted by Gasteiger charge is -2.33. The molecule has 0 aliphatic heterocycles. The number of hydrogen-bond donors (Lipinski definition) is 6. The van der Waals surface area contributed by atoms with Crippen molar-refractivity contribution in [1.82, 2.24) is 16.0 Å². The van der Waals surface area contributed by atoms with Crippen LogP contribution in [0.15, 0.2) is 103 Å². The van der Waals surface area contributed by atoms with Gasteiger partial charge in [-0.25, -0.2) is 0 Å². The first-order chi connectivity index (χ1) is 26.5. The summed E-state index contributed by atoms with van der Waals surface area (Å²) in [5, 5.41) is 27.1. The molecule has 7 N–H and O–H groups in total. The number of nitrogens with one attached hydrogen (secondary N) is 3. The number of rotatable bonds is 30. The van der Waals surface area contributed by atoms with E-state index in [1.807, 2.05) is 42.5 Å². The smallest absolute Gasteiger partial charge is 0.244 e. The predicted molar refractivity (Wildman–Crippen MR) is 230 cm³/mol.